The summed E-state index contributed by atoms with van der Waals surface area (Å²) in [4.78, 5) is 0. The number of rotatable bonds is 1. The number of ether oxygens (including phenoxy) is 2. The Labute approximate surface area is 58.4 Å². The van der Waals surface area contributed by atoms with Crippen molar-refractivity contribution in [3.05, 3.63) is 0 Å². The minimum absolute atomic E-state index is 0.0205. The van der Waals surface area contributed by atoms with Crippen molar-refractivity contribution >= 4 is 0 Å². The van der Waals surface area contributed by atoms with Gasteiger partial charge in [0.15, 0.2) is 0 Å². The Balaban J connectivity index is 1.96. The first-order chi connectivity index (χ1) is 4.79. The summed E-state index contributed by atoms with van der Waals surface area (Å²) >= 11 is 0. The van der Waals surface area contributed by atoms with Crippen molar-refractivity contribution in [2.24, 2.45) is 0 Å². The van der Waals surface area contributed by atoms with Gasteiger partial charge in [-0.15, -0.1) is 0 Å². The highest BCUT2D eigenvalue weighted by atomic mass is 16.6. The molecule has 0 aromatic carbocycles. The van der Waals surface area contributed by atoms with Gasteiger partial charge in [0, 0.05) is 0 Å². The van der Waals surface area contributed by atoms with Crippen LogP contribution in [0.15, 0.2) is 0 Å². The highest BCUT2D eigenvalue weighted by Crippen LogP contribution is 2.25. The molecule has 0 radical (unpaired) electrons. The Kier molecular flexibility index (Phi) is 1.42. The van der Waals surface area contributed by atoms with E-state index in [2.05, 4.69) is 0 Å². The lowest BCUT2D eigenvalue weighted by atomic mass is 10.1. The molecule has 0 aromatic rings. The molecule has 58 valence electrons. The molecule has 2 aliphatic heterocycles. The molecule has 0 amide bonds. The third kappa shape index (κ3) is 0.932. The molecule has 2 heterocycles. The largest absolute Gasteiger partial charge is 0.388 e. The van der Waals surface area contributed by atoms with Crippen molar-refractivity contribution in [1.82, 2.24) is 0 Å². The standard InChI is InChI=1S/C6H10O4/c7-3-1-10-6(5(3)8)4-2-9-4/h3-8H,1-2H2/t3-,4-,5+,6+/m1/s1. The van der Waals surface area contributed by atoms with Crippen molar-refractivity contribution in [2.45, 2.75) is 24.4 Å². The van der Waals surface area contributed by atoms with Crippen LogP contribution in [0.4, 0.5) is 0 Å². The van der Waals surface area contributed by atoms with Gasteiger partial charge in [0.2, 0.25) is 0 Å². The number of aliphatic hydroxyl groups is 2. The smallest absolute Gasteiger partial charge is 0.114 e. The van der Waals surface area contributed by atoms with E-state index in [1.54, 1.807) is 0 Å². The summed E-state index contributed by atoms with van der Waals surface area (Å²) in [6.07, 6.45) is -1.76. The average Bonchev–Trinajstić information content (AvgIpc) is 2.67. The van der Waals surface area contributed by atoms with Gasteiger partial charge in [-0.1, -0.05) is 0 Å². The minimum Gasteiger partial charge on any atom is -0.388 e. The summed E-state index contributed by atoms with van der Waals surface area (Å²) in [7, 11) is 0. The van der Waals surface area contributed by atoms with Crippen molar-refractivity contribution < 1.29 is 19.7 Å². The molecule has 2 rings (SSSR count). The van der Waals surface area contributed by atoms with Crippen molar-refractivity contribution in [2.75, 3.05) is 13.2 Å². The van der Waals surface area contributed by atoms with Crippen molar-refractivity contribution in [1.29, 1.82) is 0 Å². The lowest BCUT2D eigenvalue weighted by Crippen LogP contribution is -2.33. The Bertz CT molecular complexity index is 134. The summed E-state index contributed by atoms with van der Waals surface area (Å²) < 4.78 is 9.99. The molecule has 2 aliphatic rings. The minimum atomic E-state index is -0.757. The Morgan fingerprint density at radius 3 is 2.20 bits per heavy atom. The number of epoxide rings is 1. The van der Waals surface area contributed by atoms with Crippen molar-refractivity contribution in [3.63, 3.8) is 0 Å². The maximum absolute atomic E-state index is 9.21. The zero-order valence-corrected chi connectivity index (χ0v) is 5.43. The second-order valence-electron chi connectivity index (χ2n) is 2.73. The number of hydrogen-bond acceptors (Lipinski definition) is 4. The fourth-order valence-electron chi connectivity index (χ4n) is 1.20. The average molecular weight is 146 g/mol. The molecule has 0 aliphatic carbocycles. The van der Waals surface area contributed by atoms with Gasteiger partial charge in [0.25, 0.3) is 0 Å². The van der Waals surface area contributed by atoms with Crippen LogP contribution >= 0.6 is 0 Å². The summed E-state index contributed by atoms with van der Waals surface area (Å²) in [5, 5.41) is 18.2. The van der Waals surface area contributed by atoms with Gasteiger partial charge in [-0.25, -0.2) is 0 Å². The predicted molar refractivity (Wildman–Crippen MR) is 31.5 cm³/mol. The zero-order chi connectivity index (χ0) is 7.14. The maximum Gasteiger partial charge on any atom is 0.114 e. The summed E-state index contributed by atoms with van der Waals surface area (Å²) in [5.41, 5.74) is 0. The van der Waals surface area contributed by atoms with Crippen LogP contribution in [0.1, 0.15) is 0 Å². The molecular weight excluding hydrogens is 136 g/mol. The van der Waals surface area contributed by atoms with Crippen LogP contribution in [0.3, 0.4) is 0 Å². The van der Waals surface area contributed by atoms with E-state index in [0.717, 1.165) is 0 Å². The van der Waals surface area contributed by atoms with Gasteiger partial charge in [-0.05, 0) is 0 Å². The topological polar surface area (TPSA) is 62.2 Å². The van der Waals surface area contributed by atoms with Crippen LogP contribution in [-0.4, -0.2) is 47.8 Å². The molecule has 2 saturated heterocycles. The van der Waals surface area contributed by atoms with Crippen LogP contribution in [0, 0.1) is 0 Å². The van der Waals surface area contributed by atoms with Crippen LogP contribution in [0.5, 0.6) is 0 Å². The number of hydrogen-bond donors (Lipinski definition) is 2. The van der Waals surface area contributed by atoms with Crippen LogP contribution in [0.2, 0.25) is 0 Å². The molecule has 2 fully saturated rings. The first-order valence-corrected chi connectivity index (χ1v) is 3.38. The quantitative estimate of drug-likeness (QED) is 0.442. The summed E-state index contributed by atoms with van der Waals surface area (Å²) in [6.45, 7) is 0.875. The normalized spacial score (nSPS) is 53.4. The van der Waals surface area contributed by atoms with Gasteiger partial charge >= 0.3 is 0 Å². The lowest BCUT2D eigenvalue weighted by Gasteiger charge is -2.10. The molecule has 10 heavy (non-hydrogen) atoms. The Morgan fingerprint density at radius 2 is 1.80 bits per heavy atom. The SMILES string of the molecule is O[C@@H]1[C@H]([C@H]2CO2)OC[C@H]1O. The molecule has 4 heteroatoms. The summed E-state index contributed by atoms with van der Waals surface area (Å²) in [6, 6.07) is 0. The van der Waals surface area contributed by atoms with Gasteiger partial charge < -0.3 is 19.7 Å². The second-order valence-corrected chi connectivity index (χ2v) is 2.73. The first-order valence-electron chi connectivity index (χ1n) is 3.38. The highest BCUT2D eigenvalue weighted by Gasteiger charge is 2.45. The van der Waals surface area contributed by atoms with E-state index in [-0.39, 0.29) is 18.8 Å². The van der Waals surface area contributed by atoms with E-state index < -0.39 is 12.2 Å². The Morgan fingerprint density at radius 1 is 1.10 bits per heavy atom. The number of aliphatic hydroxyl groups excluding tert-OH is 2. The fourth-order valence-corrected chi connectivity index (χ4v) is 1.20. The highest BCUT2D eigenvalue weighted by molar-refractivity contribution is 4.93. The van der Waals surface area contributed by atoms with Gasteiger partial charge in [0.05, 0.1) is 13.2 Å². The van der Waals surface area contributed by atoms with Gasteiger partial charge in [-0.3, -0.25) is 0 Å². The fraction of sp³-hybridized carbons (Fsp3) is 1.00. The molecule has 0 aromatic heterocycles. The zero-order valence-electron chi connectivity index (χ0n) is 5.43. The van der Waals surface area contributed by atoms with Crippen LogP contribution in [0.25, 0.3) is 0 Å². The van der Waals surface area contributed by atoms with Crippen LogP contribution in [-0.2, 0) is 9.47 Å². The molecule has 0 saturated carbocycles. The van der Waals surface area contributed by atoms with Crippen LogP contribution < -0.4 is 0 Å². The van der Waals surface area contributed by atoms with E-state index >= 15 is 0 Å². The monoisotopic (exact) mass is 146 g/mol. The molecule has 4 atom stereocenters. The van der Waals surface area contributed by atoms with Gasteiger partial charge in [-0.2, -0.15) is 0 Å². The molecule has 0 bridgehead atoms. The molecular formula is C6H10O4. The molecule has 0 unspecified atom stereocenters. The lowest BCUT2D eigenvalue weighted by molar-refractivity contribution is 0.00960. The second kappa shape index (κ2) is 2.17. The van der Waals surface area contributed by atoms with E-state index in [9.17, 15) is 5.11 Å². The van der Waals surface area contributed by atoms with Gasteiger partial charge in [0.1, 0.15) is 24.4 Å². The Hall–Kier alpha value is -0.160. The molecule has 0 spiro atoms. The first kappa shape index (κ1) is 6.54. The van der Waals surface area contributed by atoms with Crippen molar-refractivity contribution in [3.8, 4) is 0 Å². The van der Waals surface area contributed by atoms with E-state index in [0.29, 0.717) is 6.61 Å². The van der Waals surface area contributed by atoms with E-state index in [1.165, 1.54) is 0 Å². The summed E-state index contributed by atoms with van der Waals surface area (Å²) in [5.74, 6) is 0. The van der Waals surface area contributed by atoms with E-state index in [4.69, 9.17) is 14.6 Å². The van der Waals surface area contributed by atoms with E-state index in [1.807, 2.05) is 0 Å². The third-order valence-corrected chi connectivity index (χ3v) is 1.92. The maximum atomic E-state index is 9.21. The third-order valence-electron chi connectivity index (χ3n) is 1.92. The molecule has 2 N–H and O–H groups in total. The predicted octanol–water partition coefficient (Wildman–Crippen LogP) is -1.49. The molecule has 4 nitrogen and oxygen atoms in total.